The Morgan fingerprint density at radius 2 is 1.93 bits per heavy atom. The van der Waals surface area contributed by atoms with E-state index >= 15 is 0 Å². The van der Waals surface area contributed by atoms with E-state index in [1.807, 2.05) is 6.07 Å². The van der Waals surface area contributed by atoms with Crippen molar-refractivity contribution < 1.29 is 19.5 Å². The third-order valence-corrected chi connectivity index (χ3v) is 4.68. The number of hydrogen-bond donors (Lipinski definition) is 3. The van der Waals surface area contributed by atoms with Gasteiger partial charge in [0, 0.05) is 5.02 Å². The van der Waals surface area contributed by atoms with Gasteiger partial charge in [-0.2, -0.15) is 0 Å². The molecular weight excluding hydrogens is 382 g/mol. The first-order valence-corrected chi connectivity index (χ1v) is 9.17. The van der Waals surface area contributed by atoms with Gasteiger partial charge in [0.1, 0.15) is 6.04 Å². The van der Waals surface area contributed by atoms with Crippen molar-refractivity contribution in [2.45, 2.75) is 25.0 Å². The Kier molecular flexibility index (Phi) is 6.28. The predicted molar refractivity (Wildman–Crippen MR) is 103 cm³/mol. The topological polar surface area (TPSA) is 98.7 Å². The van der Waals surface area contributed by atoms with Crippen molar-refractivity contribution in [1.82, 2.24) is 15.5 Å². The number of rotatable bonds is 7. The zero-order chi connectivity index (χ0) is 20.1. The average molecular weight is 402 g/mol. The van der Waals surface area contributed by atoms with Gasteiger partial charge in [-0.1, -0.05) is 54.1 Å². The monoisotopic (exact) mass is 401 g/mol. The van der Waals surface area contributed by atoms with Crippen LogP contribution < -0.4 is 10.6 Å². The molecule has 1 fully saturated rings. The minimum Gasteiger partial charge on any atom is -0.394 e. The van der Waals surface area contributed by atoms with E-state index in [1.165, 1.54) is 0 Å². The molecule has 0 saturated carbocycles. The summed E-state index contributed by atoms with van der Waals surface area (Å²) in [7, 11) is 0. The molecule has 2 aromatic rings. The smallest absolute Gasteiger partial charge is 0.325 e. The number of carbonyl (C=O) groups excluding carboxylic acids is 3. The number of aliphatic hydroxyl groups is 1. The van der Waals surface area contributed by atoms with E-state index in [-0.39, 0.29) is 19.6 Å². The standard InChI is InChI=1S/C20H20ClN3O4/c21-15-8-4-5-13(9-15)11-24-19(27)16(23-20(24)28)10-18(26)22-17(12-25)14-6-2-1-3-7-14/h1-9,16-17,25H,10-12H2,(H,22,26)(H,23,28). The number of halogens is 1. The molecule has 1 aliphatic heterocycles. The first-order valence-electron chi connectivity index (χ1n) is 8.79. The molecule has 0 aliphatic carbocycles. The molecule has 0 spiro atoms. The van der Waals surface area contributed by atoms with Gasteiger partial charge < -0.3 is 15.7 Å². The molecule has 2 aromatic carbocycles. The zero-order valence-corrected chi connectivity index (χ0v) is 15.7. The molecular formula is C20H20ClN3O4. The Hall–Kier alpha value is -2.90. The molecule has 0 bridgehead atoms. The molecule has 28 heavy (non-hydrogen) atoms. The normalized spacial score (nSPS) is 17.4. The van der Waals surface area contributed by atoms with Crippen LogP contribution in [0.5, 0.6) is 0 Å². The summed E-state index contributed by atoms with van der Waals surface area (Å²) in [4.78, 5) is 38.1. The van der Waals surface area contributed by atoms with E-state index in [0.29, 0.717) is 10.6 Å². The second-order valence-electron chi connectivity index (χ2n) is 6.47. The van der Waals surface area contributed by atoms with Crippen LogP contribution in [0.15, 0.2) is 54.6 Å². The number of hydrogen-bond acceptors (Lipinski definition) is 4. The van der Waals surface area contributed by atoms with E-state index < -0.39 is 29.9 Å². The number of carbonyl (C=O) groups is 3. The number of aliphatic hydroxyl groups excluding tert-OH is 1. The summed E-state index contributed by atoms with van der Waals surface area (Å²) in [6.07, 6.45) is -0.208. The van der Waals surface area contributed by atoms with Crippen molar-refractivity contribution in [1.29, 1.82) is 0 Å². The van der Waals surface area contributed by atoms with Gasteiger partial charge in [0.05, 0.1) is 25.6 Å². The van der Waals surface area contributed by atoms with E-state index in [0.717, 1.165) is 10.5 Å². The molecule has 1 aliphatic rings. The first kappa shape index (κ1) is 19.9. The summed E-state index contributed by atoms with van der Waals surface area (Å²) in [5.41, 5.74) is 1.47. The molecule has 1 heterocycles. The first-order chi connectivity index (χ1) is 13.5. The van der Waals surface area contributed by atoms with E-state index in [2.05, 4.69) is 10.6 Å². The van der Waals surface area contributed by atoms with Crippen LogP contribution in [-0.4, -0.2) is 40.5 Å². The maximum Gasteiger partial charge on any atom is 0.325 e. The van der Waals surface area contributed by atoms with Gasteiger partial charge in [-0.05, 0) is 23.3 Å². The van der Waals surface area contributed by atoms with Crippen LogP contribution in [0.2, 0.25) is 5.02 Å². The van der Waals surface area contributed by atoms with Gasteiger partial charge in [0.15, 0.2) is 0 Å². The number of amides is 4. The van der Waals surface area contributed by atoms with Gasteiger partial charge >= 0.3 is 6.03 Å². The Labute approximate surface area is 167 Å². The fraction of sp³-hybridized carbons (Fsp3) is 0.250. The lowest BCUT2D eigenvalue weighted by atomic mass is 10.1. The maximum absolute atomic E-state index is 12.5. The van der Waals surface area contributed by atoms with Gasteiger partial charge in [-0.15, -0.1) is 0 Å². The highest BCUT2D eigenvalue weighted by molar-refractivity contribution is 6.30. The highest BCUT2D eigenvalue weighted by atomic mass is 35.5. The number of benzene rings is 2. The molecule has 146 valence electrons. The Morgan fingerprint density at radius 3 is 2.61 bits per heavy atom. The molecule has 8 heteroatoms. The summed E-state index contributed by atoms with van der Waals surface area (Å²) >= 11 is 5.94. The fourth-order valence-corrected chi connectivity index (χ4v) is 3.25. The third-order valence-electron chi connectivity index (χ3n) is 4.45. The Bertz CT molecular complexity index is 875. The van der Waals surface area contributed by atoms with Crippen LogP contribution in [0, 0.1) is 0 Å². The molecule has 0 radical (unpaired) electrons. The second kappa shape index (κ2) is 8.86. The molecule has 4 amide bonds. The molecule has 3 rings (SSSR count). The molecule has 0 aromatic heterocycles. The van der Waals surface area contributed by atoms with Crippen molar-refractivity contribution in [2.24, 2.45) is 0 Å². The maximum atomic E-state index is 12.5. The molecule has 3 N–H and O–H groups in total. The zero-order valence-electron chi connectivity index (χ0n) is 15.0. The lowest BCUT2D eigenvalue weighted by Crippen LogP contribution is -2.38. The molecule has 2 unspecified atom stereocenters. The van der Waals surface area contributed by atoms with Crippen LogP contribution in [0.1, 0.15) is 23.6 Å². The fourth-order valence-electron chi connectivity index (χ4n) is 3.04. The molecule has 1 saturated heterocycles. The summed E-state index contributed by atoms with van der Waals surface area (Å²) < 4.78 is 0. The van der Waals surface area contributed by atoms with Gasteiger partial charge in [-0.3, -0.25) is 14.5 Å². The van der Waals surface area contributed by atoms with Crippen molar-refractivity contribution in [2.75, 3.05) is 6.61 Å². The third kappa shape index (κ3) is 4.68. The van der Waals surface area contributed by atoms with Crippen LogP contribution in [-0.2, 0) is 16.1 Å². The van der Waals surface area contributed by atoms with Crippen LogP contribution in [0.4, 0.5) is 4.79 Å². The van der Waals surface area contributed by atoms with Crippen LogP contribution in [0.25, 0.3) is 0 Å². The van der Waals surface area contributed by atoms with E-state index in [9.17, 15) is 19.5 Å². The lowest BCUT2D eigenvalue weighted by Gasteiger charge is -2.18. The largest absolute Gasteiger partial charge is 0.394 e. The van der Waals surface area contributed by atoms with E-state index in [4.69, 9.17) is 11.6 Å². The molecule has 2 atom stereocenters. The predicted octanol–water partition coefficient (Wildman–Crippen LogP) is 2.00. The highest BCUT2D eigenvalue weighted by Crippen LogP contribution is 2.18. The van der Waals surface area contributed by atoms with Crippen LogP contribution in [0.3, 0.4) is 0 Å². The number of urea groups is 1. The van der Waals surface area contributed by atoms with Crippen LogP contribution >= 0.6 is 11.6 Å². The lowest BCUT2D eigenvalue weighted by molar-refractivity contribution is -0.131. The van der Waals surface area contributed by atoms with Crippen molar-refractivity contribution in [3.05, 3.63) is 70.7 Å². The molecule has 7 nitrogen and oxygen atoms in total. The summed E-state index contributed by atoms with van der Waals surface area (Å²) in [5.74, 6) is -0.911. The summed E-state index contributed by atoms with van der Waals surface area (Å²) in [5, 5.41) is 15.3. The van der Waals surface area contributed by atoms with Gasteiger partial charge in [0.25, 0.3) is 5.91 Å². The highest BCUT2D eigenvalue weighted by Gasteiger charge is 2.39. The van der Waals surface area contributed by atoms with E-state index in [1.54, 1.807) is 48.5 Å². The second-order valence-corrected chi connectivity index (χ2v) is 6.91. The quantitative estimate of drug-likeness (QED) is 0.618. The Morgan fingerprint density at radius 1 is 1.18 bits per heavy atom. The van der Waals surface area contributed by atoms with Crippen molar-refractivity contribution in [3.8, 4) is 0 Å². The van der Waals surface area contributed by atoms with Crippen molar-refractivity contribution >= 4 is 29.4 Å². The minimum atomic E-state index is -0.943. The number of nitrogens with zero attached hydrogens (tertiary/aromatic N) is 1. The SMILES string of the molecule is O=C(CC1NC(=O)N(Cc2cccc(Cl)c2)C1=O)NC(CO)c1ccccc1. The summed E-state index contributed by atoms with van der Waals surface area (Å²) in [6.45, 7) is -0.200. The number of nitrogens with one attached hydrogen (secondary N) is 2. The minimum absolute atomic E-state index is 0.0760. The number of imide groups is 1. The van der Waals surface area contributed by atoms with Crippen molar-refractivity contribution in [3.63, 3.8) is 0 Å². The Balaban J connectivity index is 1.60. The van der Waals surface area contributed by atoms with Gasteiger partial charge in [-0.25, -0.2) is 4.79 Å². The average Bonchev–Trinajstić information content (AvgIpc) is 2.94. The van der Waals surface area contributed by atoms with Gasteiger partial charge in [0.2, 0.25) is 5.91 Å². The summed E-state index contributed by atoms with van der Waals surface area (Å²) in [6, 6.07) is 13.8.